The summed E-state index contributed by atoms with van der Waals surface area (Å²) in [4.78, 5) is 25.5. The minimum atomic E-state index is -3.46. The number of rotatable bonds is 11. The topological polar surface area (TPSA) is 139 Å². The highest BCUT2D eigenvalue weighted by molar-refractivity contribution is 8.09. The third-order valence-electron chi connectivity index (χ3n) is 5.67. The molecule has 1 fully saturated rings. The lowest BCUT2D eigenvalue weighted by molar-refractivity contribution is -0.149. The fourth-order valence-corrected chi connectivity index (χ4v) is 6.16. The van der Waals surface area contributed by atoms with E-state index in [0.29, 0.717) is 12.2 Å². The molecule has 206 valence electrons. The number of terminal acetylenes is 1. The molecule has 0 spiro atoms. The summed E-state index contributed by atoms with van der Waals surface area (Å²) in [7, 11) is 0. The number of amides is 1. The molecule has 0 saturated carbocycles. The number of nitrogens with zero attached hydrogens (tertiary/aromatic N) is 1. The summed E-state index contributed by atoms with van der Waals surface area (Å²) < 4.78 is 23.2. The largest absolute Gasteiger partial charge is 0.462 e. The molecule has 1 amide bonds. The number of aliphatic hydroxyl groups excluding tert-OH is 1. The number of nitrogens with one attached hydrogen (secondary N) is 2. The van der Waals surface area contributed by atoms with Crippen molar-refractivity contribution in [3.63, 3.8) is 0 Å². The van der Waals surface area contributed by atoms with E-state index in [4.69, 9.17) is 36.8 Å². The summed E-state index contributed by atoms with van der Waals surface area (Å²) in [5, 5.41) is 27.5. The Kier molecular flexibility index (Phi) is 9.73. The van der Waals surface area contributed by atoms with Crippen molar-refractivity contribution in [2.75, 3.05) is 6.61 Å². The van der Waals surface area contributed by atoms with Crippen LogP contribution in [0.3, 0.4) is 0 Å². The van der Waals surface area contributed by atoms with Crippen molar-refractivity contribution in [3.05, 3.63) is 55.0 Å². The van der Waals surface area contributed by atoms with Crippen LogP contribution < -0.4 is 14.9 Å². The van der Waals surface area contributed by atoms with Crippen molar-refractivity contribution in [3.8, 4) is 18.1 Å². The Morgan fingerprint density at radius 2 is 2.11 bits per heavy atom. The smallest absolute Gasteiger partial charge is 0.323 e. The van der Waals surface area contributed by atoms with E-state index < -0.39 is 48.6 Å². The summed E-state index contributed by atoms with van der Waals surface area (Å²) in [6.45, 7) is 5.17. The highest BCUT2D eigenvalue weighted by Crippen LogP contribution is 2.47. The Morgan fingerprint density at radius 1 is 1.42 bits per heavy atom. The van der Waals surface area contributed by atoms with Crippen LogP contribution in [-0.2, 0) is 35.4 Å². The van der Waals surface area contributed by atoms with E-state index in [2.05, 4.69) is 22.9 Å². The van der Waals surface area contributed by atoms with Gasteiger partial charge in [0.25, 0.3) is 5.91 Å². The highest BCUT2D eigenvalue weighted by atomic mass is 32.5. The summed E-state index contributed by atoms with van der Waals surface area (Å²) in [5.41, 5.74) is -2.19. The SMILES string of the molecule is C#C[C@@]1(O)[C@H](O)[C@@H](COP(=S)(NC(CC)C(=O)OC(C)C)Oc2ccccc2)O[C@H]1N1C=CC(=O)NC1=C. The molecule has 6 atom stereocenters. The maximum absolute atomic E-state index is 12.6. The molecule has 13 heteroatoms. The number of hydrogen-bond acceptors (Lipinski definition) is 10. The highest BCUT2D eigenvalue weighted by Gasteiger charge is 2.57. The monoisotopic (exact) mass is 565 g/mol. The van der Waals surface area contributed by atoms with Crippen LogP contribution in [0.4, 0.5) is 0 Å². The third kappa shape index (κ3) is 6.81. The minimum Gasteiger partial charge on any atom is -0.462 e. The van der Waals surface area contributed by atoms with Gasteiger partial charge in [0, 0.05) is 12.3 Å². The maximum Gasteiger partial charge on any atom is 0.323 e. The Labute approximate surface area is 227 Å². The first-order valence-corrected chi connectivity index (χ1v) is 14.5. The molecule has 0 aliphatic carbocycles. The molecular formula is C25H32N3O8PS. The van der Waals surface area contributed by atoms with Gasteiger partial charge in [-0.25, -0.2) is 5.09 Å². The summed E-state index contributed by atoms with van der Waals surface area (Å²) in [6, 6.07) is 7.82. The Balaban J connectivity index is 1.82. The van der Waals surface area contributed by atoms with Gasteiger partial charge >= 0.3 is 12.6 Å². The van der Waals surface area contributed by atoms with Crippen molar-refractivity contribution < 1.29 is 38.3 Å². The van der Waals surface area contributed by atoms with E-state index in [1.54, 1.807) is 51.1 Å². The van der Waals surface area contributed by atoms with Crippen LogP contribution >= 0.6 is 6.64 Å². The van der Waals surface area contributed by atoms with Crippen molar-refractivity contribution >= 4 is 30.3 Å². The van der Waals surface area contributed by atoms with Crippen LogP contribution in [0.25, 0.3) is 0 Å². The fraction of sp³-hybridized carbons (Fsp3) is 0.440. The summed E-state index contributed by atoms with van der Waals surface area (Å²) >= 11 is 5.73. The van der Waals surface area contributed by atoms with E-state index in [-0.39, 0.29) is 18.5 Å². The molecule has 38 heavy (non-hydrogen) atoms. The first kappa shape index (κ1) is 29.8. The third-order valence-corrected chi connectivity index (χ3v) is 8.09. The molecule has 0 bridgehead atoms. The van der Waals surface area contributed by atoms with Crippen LogP contribution in [0.5, 0.6) is 5.75 Å². The van der Waals surface area contributed by atoms with Crippen molar-refractivity contribution in [1.29, 1.82) is 0 Å². The van der Waals surface area contributed by atoms with Crippen LogP contribution in [0, 0.1) is 12.3 Å². The van der Waals surface area contributed by atoms with Gasteiger partial charge in [-0.05, 0) is 44.2 Å². The molecule has 0 aromatic heterocycles. The molecule has 1 aromatic carbocycles. The molecule has 2 heterocycles. The van der Waals surface area contributed by atoms with Crippen LogP contribution in [0.1, 0.15) is 27.2 Å². The first-order valence-electron chi connectivity index (χ1n) is 11.9. The Morgan fingerprint density at radius 3 is 2.68 bits per heavy atom. The zero-order valence-corrected chi connectivity index (χ0v) is 23.0. The van der Waals surface area contributed by atoms with Crippen LogP contribution in [-0.4, -0.2) is 69.8 Å². The average molecular weight is 566 g/mol. The second-order valence-corrected chi connectivity index (χ2v) is 12.0. The summed E-state index contributed by atoms with van der Waals surface area (Å²) in [6.07, 6.45) is 4.04. The second-order valence-electron chi connectivity index (χ2n) is 8.87. The molecule has 2 aliphatic rings. The van der Waals surface area contributed by atoms with Gasteiger partial charge in [0.05, 0.1) is 12.7 Å². The van der Waals surface area contributed by atoms with Gasteiger partial charge < -0.3 is 39.0 Å². The lowest BCUT2D eigenvalue weighted by atomic mass is 9.94. The number of esters is 1. The molecule has 2 unspecified atom stereocenters. The minimum absolute atomic E-state index is 0.0959. The van der Waals surface area contributed by atoms with Crippen molar-refractivity contribution in [2.45, 2.75) is 63.4 Å². The van der Waals surface area contributed by atoms with E-state index in [0.717, 1.165) is 0 Å². The van der Waals surface area contributed by atoms with Crippen molar-refractivity contribution in [2.24, 2.45) is 0 Å². The van der Waals surface area contributed by atoms with Gasteiger partial charge in [-0.2, -0.15) is 0 Å². The predicted octanol–water partition coefficient (Wildman–Crippen LogP) is 1.49. The van der Waals surface area contributed by atoms with E-state index in [9.17, 15) is 19.8 Å². The number of para-hydroxylation sites is 1. The fourth-order valence-electron chi connectivity index (χ4n) is 3.74. The molecule has 1 saturated heterocycles. The van der Waals surface area contributed by atoms with Crippen molar-refractivity contribution in [1.82, 2.24) is 15.3 Å². The average Bonchev–Trinajstić information content (AvgIpc) is 3.12. The first-order chi connectivity index (χ1) is 17.9. The lowest BCUT2D eigenvalue weighted by Crippen LogP contribution is -2.54. The summed E-state index contributed by atoms with van der Waals surface area (Å²) in [5.74, 6) is 1.74. The van der Waals surface area contributed by atoms with Crippen LogP contribution in [0.2, 0.25) is 0 Å². The normalized spacial score (nSPS) is 27.4. The number of hydrogen-bond donors (Lipinski definition) is 4. The zero-order valence-electron chi connectivity index (χ0n) is 21.3. The van der Waals surface area contributed by atoms with E-state index in [1.807, 2.05) is 0 Å². The molecule has 2 aliphatic heterocycles. The van der Waals surface area contributed by atoms with Gasteiger partial charge in [-0.3, -0.25) is 9.59 Å². The second kappa shape index (κ2) is 12.4. The molecule has 1 aromatic rings. The number of benzene rings is 1. The van der Waals surface area contributed by atoms with Crippen LogP contribution in [0.15, 0.2) is 55.0 Å². The van der Waals surface area contributed by atoms with E-state index in [1.165, 1.54) is 17.2 Å². The molecule has 4 N–H and O–H groups in total. The standard InChI is InChI=1S/C25H32N3O8PS/c1-6-19(23(31)34-16(3)4)27-37(38,36-18-11-9-8-10-12-18)33-15-20-22(30)25(32,7-2)24(35-20)28-14-13-21(29)26-17(28)5/h2,8-14,16,19-20,22,24,30,32H,5-6,15H2,1,3-4H3,(H,26,29)(H,27,38)/t19?,20-,22-,24-,25-,37?/m1/s1. The predicted molar refractivity (Wildman–Crippen MR) is 142 cm³/mol. The molecule has 11 nitrogen and oxygen atoms in total. The van der Waals surface area contributed by atoms with Gasteiger partial charge in [-0.1, -0.05) is 37.6 Å². The molecular weight excluding hydrogens is 533 g/mol. The number of carbonyl (C=O) groups excluding carboxylic acids is 2. The van der Waals surface area contributed by atoms with E-state index >= 15 is 0 Å². The van der Waals surface area contributed by atoms with Gasteiger partial charge in [0.1, 0.15) is 29.8 Å². The van der Waals surface area contributed by atoms with Gasteiger partial charge in [-0.15, -0.1) is 6.42 Å². The van der Waals surface area contributed by atoms with Gasteiger partial charge in [0.15, 0.2) is 11.8 Å². The van der Waals surface area contributed by atoms with Gasteiger partial charge in [0.2, 0.25) is 0 Å². The quantitative estimate of drug-likeness (QED) is 0.176. The Hall–Kier alpha value is -2.75. The number of aliphatic hydroxyl groups is 2. The maximum atomic E-state index is 12.6. The lowest BCUT2D eigenvalue weighted by Gasteiger charge is -2.36. The number of carbonyl (C=O) groups is 2. The molecule has 3 rings (SSSR count). The Bertz CT molecular complexity index is 1160. The number of ether oxygens (including phenoxy) is 2. The zero-order chi connectivity index (χ0) is 28.1. The molecule has 0 radical (unpaired) electrons.